The van der Waals surface area contributed by atoms with Crippen molar-refractivity contribution in [2.75, 3.05) is 13.7 Å². The van der Waals surface area contributed by atoms with Crippen LogP contribution in [0.1, 0.15) is 22.8 Å². The van der Waals surface area contributed by atoms with Gasteiger partial charge in [-0.15, -0.1) is 0 Å². The molecule has 0 saturated carbocycles. The van der Waals surface area contributed by atoms with Crippen LogP contribution in [0.2, 0.25) is 0 Å². The van der Waals surface area contributed by atoms with Gasteiger partial charge in [-0.1, -0.05) is 12.1 Å². The summed E-state index contributed by atoms with van der Waals surface area (Å²) < 4.78 is 10.4. The van der Waals surface area contributed by atoms with E-state index in [1.54, 1.807) is 55.7 Å². The van der Waals surface area contributed by atoms with Gasteiger partial charge in [-0.25, -0.2) is 0 Å². The molecule has 0 bridgehead atoms. The van der Waals surface area contributed by atoms with E-state index in [2.05, 4.69) is 0 Å². The Balaban J connectivity index is 2.13. The molecule has 2 aromatic carbocycles. The molecule has 0 radical (unpaired) electrons. The Kier molecular flexibility index (Phi) is 5.20. The molecule has 2 rings (SSSR count). The van der Waals surface area contributed by atoms with E-state index in [4.69, 9.17) is 9.47 Å². The number of ether oxygens (including phenoxy) is 2. The number of phenolic OH excluding ortho intramolecular Hbond substituents is 1. The lowest BCUT2D eigenvalue weighted by molar-refractivity contribution is 0.104. The van der Waals surface area contributed by atoms with Crippen LogP contribution >= 0.6 is 0 Å². The zero-order valence-corrected chi connectivity index (χ0v) is 12.6. The zero-order chi connectivity index (χ0) is 15.9. The van der Waals surface area contributed by atoms with Crippen LogP contribution in [0.4, 0.5) is 0 Å². The van der Waals surface area contributed by atoms with Gasteiger partial charge in [0.15, 0.2) is 17.3 Å². The van der Waals surface area contributed by atoms with Crippen molar-refractivity contribution in [1.29, 1.82) is 0 Å². The van der Waals surface area contributed by atoms with Crippen LogP contribution < -0.4 is 9.47 Å². The summed E-state index contributed by atoms with van der Waals surface area (Å²) in [4.78, 5) is 12.1. The Morgan fingerprint density at radius 1 is 1.18 bits per heavy atom. The monoisotopic (exact) mass is 298 g/mol. The summed E-state index contributed by atoms with van der Waals surface area (Å²) in [5, 5.41) is 9.64. The van der Waals surface area contributed by atoms with Gasteiger partial charge in [0.2, 0.25) is 0 Å². The van der Waals surface area contributed by atoms with Gasteiger partial charge in [0, 0.05) is 5.56 Å². The molecular weight excluding hydrogens is 280 g/mol. The summed E-state index contributed by atoms with van der Waals surface area (Å²) in [6.45, 7) is 2.31. The van der Waals surface area contributed by atoms with Crippen molar-refractivity contribution in [3.63, 3.8) is 0 Å². The van der Waals surface area contributed by atoms with E-state index in [9.17, 15) is 9.90 Å². The van der Waals surface area contributed by atoms with Crippen LogP contribution in [0.5, 0.6) is 17.2 Å². The highest BCUT2D eigenvalue weighted by atomic mass is 16.5. The first-order valence-electron chi connectivity index (χ1n) is 6.96. The predicted octanol–water partition coefficient (Wildman–Crippen LogP) is 3.70. The number of allylic oxidation sites excluding steroid dienone is 1. The molecule has 0 aliphatic rings. The van der Waals surface area contributed by atoms with Crippen LogP contribution in [0.15, 0.2) is 48.5 Å². The molecule has 0 amide bonds. The summed E-state index contributed by atoms with van der Waals surface area (Å²) in [5.74, 6) is 1.09. The third kappa shape index (κ3) is 3.88. The van der Waals surface area contributed by atoms with Gasteiger partial charge in [0.1, 0.15) is 5.75 Å². The molecule has 0 spiro atoms. The maximum absolute atomic E-state index is 12.1. The summed E-state index contributed by atoms with van der Waals surface area (Å²) in [7, 11) is 1.58. The Labute approximate surface area is 129 Å². The smallest absolute Gasteiger partial charge is 0.185 e. The van der Waals surface area contributed by atoms with Gasteiger partial charge in [-0.2, -0.15) is 0 Å². The van der Waals surface area contributed by atoms with E-state index >= 15 is 0 Å². The number of hydrogen-bond donors (Lipinski definition) is 1. The molecule has 0 unspecified atom stereocenters. The zero-order valence-electron chi connectivity index (χ0n) is 12.6. The van der Waals surface area contributed by atoms with Gasteiger partial charge in [-0.05, 0) is 55.0 Å². The van der Waals surface area contributed by atoms with E-state index in [0.717, 1.165) is 5.56 Å². The average Bonchev–Trinajstić information content (AvgIpc) is 2.55. The maximum atomic E-state index is 12.1. The number of rotatable bonds is 6. The van der Waals surface area contributed by atoms with E-state index in [1.165, 1.54) is 6.08 Å². The largest absolute Gasteiger partial charge is 0.504 e. The van der Waals surface area contributed by atoms with Crippen molar-refractivity contribution >= 4 is 11.9 Å². The number of aromatic hydroxyl groups is 1. The number of hydrogen-bond acceptors (Lipinski definition) is 4. The Morgan fingerprint density at radius 3 is 2.55 bits per heavy atom. The van der Waals surface area contributed by atoms with Gasteiger partial charge in [0.05, 0.1) is 13.7 Å². The number of carbonyl (C=O) groups is 1. The third-order valence-electron chi connectivity index (χ3n) is 3.09. The molecule has 0 aromatic heterocycles. The van der Waals surface area contributed by atoms with E-state index in [-0.39, 0.29) is 11.5 Å². The van der Waals surface area contributed by atoms with Gasteiger partial charge in [0.25, 0.3) is 0 Å². The Bertz CT molecular complexity index is 672. The van der Waals surface area contributed by atoms with Crippen molar-refractivity contribution in [3.8, 4) is 17.2 Å². The molecule has 0 atom stereocenters. The maximum Gasteiger partial charge on any atom is 0.185 e. The van der Waals surface area contributed by atoms with Crippen LogP contribution in [-0.4, -0.2) is 24.6 Å². The number of methoxy groups -OCH3 is 1. The van der Waals surface area contributed by atoms with Crippen LogP contribution in [0.25, 0.3) is 6.08 Å². The summed E-state index contributed by atoms with van der Waals surface area (Å²) in [5.41, 5.74) is 1.36. The highest BCUT2D eigenvalue weighted by molar-refractivity contribution is 6.06. The second-order valence-electron chi connectivity index (χ2n) is 4.59. The highest BCUT2D eigenvalue weighted by Crippen LogP contribution is 2.27. The second-order valence-corrected chi connectivity index (χ2v) is 4.59. The first-order chi connectivity index (χ1) is 10.6. The molecule has 0 heterocycles. The van der Waals surface area contributed by atoms with Crippen molar-refractivity contribution in [3.05, 3.63) is 59.7 Å². The highest BCUT2D eigenvalue weighted by Gasteiger charge is 2.04. The van der Waals surface area contributed by atoms with E-state index in [0.29, 0.717) is 23.7 Å². The normalized spacial score (nSPS) is 10.6. The Hall–Kier alpha value is -2.75. The third-order valence-corrected chi connectivity index (χ3v) is 3.09. The lowest BCUT2D eigenvalue weighted by atomic mass is 10.1. The van der Waals surface area contributed by atoms with Gasteiger partial charge >= 0.3 is 0 Å². The fraction of sp³-hybridized carbons (Fsp3) is 0.167. The summed E-state index contributed by atoms with van der Waals surface area (Å²) >= 11 is 0. The lowest BCUT2D eigenvalue weighted by Crippen LogP contribution is -1.94. The molecule has 1 N–H and O–H groups in total. The molecule has 2 aromatic rings. The fourth-order valence-electron chi connectivity index (χ4n) is 1.93. The SMILES string of the molecule is CCOc1cc(/C=C/C(=O)c2ccc(OC)cc2)ccc1O. The molecule has 0 aliphatic heterocycles. The lowest BCUT2D eigenvalue weighted by Gasteiger charge is -2.06. The first-order valence-corrected chi connectivity index (χ1v) is 6.96. The number of benzene rings is 2. The standard InChI is InChI=1S/C18H18O4/c1-3-22-18-12-13(5-11-17(18)20)4-10-16(19)14-6-8-15(21-2)9-7-14/h4-12,20H,3H2,1-2H3/b10-4+. The fourth-order valence-corrected chi connectivity index (χ4v) is 1.93. The predicted molar refractivity (Wildman–Crippen MR) is 85.6 cm³/mol. The molecule has 0 fully saturated rings. The minimum Gasteiger partial charge on any atom is -0.504 e. The van der Waals surface area contributed by atoms with E-state index in [1.807, 2.05) is 6.92 Å². The number of phenols is 1. The average molecular weight is 298 g/mol. The minimum absolute atomic E-state index is 0.0838. The topological polar surface area (TPSA) is 55.8 Å². The van der Waals surface area contributed by atoms with Crippen LogP contribution in [0.3, 0.4) is 0 Å². The van der Waals surface area contributed by atoms with Crippen molar-refractivity contribution in [2.24, 2.45) is 0 Å². The van der Waals surface area contributed by atoms with Crippen LogP contribution in [-0.2, 0) is 0 Å². The summed E-state index contributed by atoms with van der Waals surface area (Å²) in [6, 6.07) is 11.9. The number of carbonyl (C=O) groups excluding carboxylic acids is 1. The molecular formula is C18H18O4. The van der Waals surface area contributed by atoms with Crippen molar-refractivity contribution < 1.29 is 19.4 Å². The van der Waals surface area contributed by atoms with Crippen molar-refractivity contribution in [2.45, 2.75) is 6.92 Å². The van der Waals surface area contributed by atoms with Gasteiger partial charge < -0.3 is 14.6 Å². The molecule has 0 saturated heterocycles. The molecule has 4 nitrogen and oxygen atoms in total. The molecule has 0 aliphatic carbocycles. The second kappa shape index (κ2) is 7.31. The first kappa shape index (κ1) is 15.6. The van der Waals surface area contributed by atoms with Crippen LogP contribution in [0, 0.1) is 0 Å². The van der Waals surface area contributed by atoms with E-state index < -0.39 is 0 Å². The molecule has 4 heteroatoms. The number of ketones is 1. The Morgan fingerprint density at radius 2 is 1.91 bits per heavy atom. The summed E-state index contributed by atoms with van der Waals surface area (Å²) in [6.07, 6.45) is 3.18. The van der Waals surface area contributed by atoms with Gasteiger partial charge in [-0.3, -0.25) is 4.79 Å². The molecule has 114 valence electrons. The molecule has 22 heavy (non-hydrogen) atoms. The minimum atomic E-state index is -0.103. The quantitative estimate of drug-likeness (QED) is 0.652. The van der Waals surface area contributed by atoms with Crippen molar-refractivity contribution in [1.82, 2.24) is 0 Å².